The lowest BCUT2D eigenvalue weighted by Crippen LogP contribution is -2.30. The Balaban J connectivity index is 0.00000420. The van der Waals surface area contributed by atoms with Crippen LogP contribution in [0.1, 0.15) is 22.2 Å². The molecule has 0 aliphatic carbocycles. The summed E-state index contributed by atoms with van der Waals surface area (Å²) in [6.45, 7) is -0.232. The lowest BCUT2D eigenvalue weighted by molar-refractivity contribution is -0.114. The minimum Gasteiger partial charge on any atom is -0.497 e. The first-order chi connectivity index (χ1) is 18.2. The number of nitrogens with zero attached hydrogens (tertiary/aromatic N) is 2. The number of hydrogen-bond acceptors (Lipinski definition) is 9. The van der Waals surface area contributed by atoms with Gasteiger partial charge < -0.3 is 26.7 Å². The van der Waals surface area contributed by atoms with Crippen molar-refractivity contribution in [3.8, 4) is 5.75 Å². The van der Waals surface area contributed by atoms with Gasteiger partial charge in [0.25, 0.3) is 0 Å². The molecule has 39 heavy (non-hydrogen) atoms. The molecule has 14 heteroatoms. The molecule has 4 rings (SSSR count). The number of amidine groups is 1. The smallest absolute Gasteiger partial charge is 0.241 e. The molecule has 0 aliphatic heterocycles. The summed E-state index contributed by atoms with van der Waals surface area (Å²) in [7, 11) is -2.49. The standard InChI is InChI=1S/C25H26N6O5S2.ClH/c1-36-18-8-9-20-22(13-18)37-25(29-20)21(11-15-4-2-5-16(10-15)24(27)30-33)31-38(34,35)19-7-3-6-17(12-19)28-23(32)14-26;/h2-10,12-13,21,31,33H,11,14,26H2,1H3,(H2,27,30)(H,28,32);1H/t21-;/m1./s1. The summed E-state index contributed by atoms with van der Waals surface area (Å²) in [5.74, 6) is 0.154. The molecular weight excluding hydrogens is 564 g/mol. The Hall–Kier alpha value is -3.75. The predicted octanol–water partition coefficient (Wildman–Crippen LogP) is 2.98. The molecule has 0 saturated carbocycles. The van der Waals surface area contributed by atoms with Crippen LogP contribution in [0.4, 0.5) is 5.69 Å². The van der Waals surface area contributed by atoms with Gasteiger partial charge >= 0.3 is 0 Å². The molecule has 1 atom stereocenters. The van der Waals surface area contributed by atoms with Crippen molar-refractivity contribution in [1.29, 1.82) is 0 Å². The molecule has 0 unspecified atom stereocenters. The highest BCUT2D eigenvalue weighted by molar-refractivity contribution is 7.89. The number of aromatic nitrogens is 1. The fourth-order valence-corrected chi connectivity index (χ4v) is 6.10. The molecule has 0 saturated heterocycles. The fraction of sp³-hybridized carbons (Fsp3) is 0.160. The fourth-order valence-electron chi connectivity index (χ4n) is 3.74. The number of sulfonamides is 1. The number of amides is 1. The number of oxime groups is 1. The molecule has 206 valence electrons. The number of thiazole rings is 1. The molecular formula is C25H27ClN6O5S2. The van der Waals surface area contributed by atoms with Gasteiger partial charge in [0.2, 0.25) is 15.9 Å². The summed E-state index contributed by atoms with van der Waals surface area (Å²) in [5, 5.41) is 15.2. The van der Waals surface area contributed by atoms with E-state index in [4.69, 9.17) is 21.4 Å². The van der Waals surface area contributed by atoms with Crippen LogP contribution in [0.3, 0.4) is 0 Å². The van der Waals surface area contributed by atoms with E-state index in [-0.39, 0.29) is 36.1 Å². The number of benzene rings is 3. The van der Waals surface area contributed by atoms with Crippen LogP contribution < -0.4 is 26.2 Å². The molecule has 1 aromatic heterocycles. The van der Waals surface area contributed by atoms with E-state index in [1.54, 1.807) is 37.4 Å². The molecule has 0 radical (unpaired) electrons. The van der Waals surface area contributed by atoms with E-state index in [1.807, 2.05) is 18.2 Å². The van der Waals surface area contributed by atoms with Crippen LogP contribution in [-0.2, 0) is 21.2 Å². The van der Waals surface area contributed by atoms with Gasteiger partial charge in [-0.3, -0.25) is 4.79 Å². The zero-order chi connectivity index (χ0) is 27.3. The third-order valence-electron chi connectivity index (χ3n) is 5.59. The zero-order valence-corrected chi connectivity index (χ0v) is 23.1. The maximum absolute atomic E-state index is 13.5. The Kier molecular flexibility index (Phi) is 9.83. The van der Waals surface area contributed by atoms with Gasteiger partial charge in [-0.1, -0.05) is 29.4 Å². The van der Waals surface area contributed by atoms with E-state index < -0.39 is 22.0 Å². The van der Waals surface area contributed by atoms with E-state index >= 15 is 0 Å². The molecule has 1 amide bonds. The first kappa shape index (κ1) is 29.8. The highest BCUT2D eigenvalue weighted by Crippen LogP contribution is 2.32. The molecule has 3 aromatic carbocycles. The average molecular weight is 591 g/mol. The Bertz CT molecular complexity index is 1610. The lowest BCUT2D eigenvalue weighted by atomic mass is 10.0. The van der Waals surface area contributed by atoms with Crippen LogP contribution >= 0.6 is 23.7 Å². The zero-order valence-electron chi connectivity index (χ0n) is 20.7. The first-order valence-corrected chi connectivity index (χ1v) is 13.7. The van der Waals surface area contributed by atoms with Crippen molar-refractivity contribution in [1.82, 2.24) is 9.71 Å². The monoisotopic (exact) mass is 590 g/mol. The Morgan fingerprint density at radius 1 is 1.15 bits per heavy atom. The number of halogens is 1. The maximum Gasteiger partial charge on any atom is 0.241 e. The van der Waals surface area contributed by atoms with Crippen molar-refractivity contribution in [2.75, 3.05) is 19.0 Å². The van der Waals surface area contributed by atoms with Crippen molar-refractivity contribution in [2.45, 2.75) is 17.4 Å². The maximum atomic E-state index is 13.5. The summed E-state index contributed by atoms with van der Waals surface area (Å²) in [6, 6.07) is 17.5. The third-order valence-corrected chi connectivity index (χ3v) is 8.19. The molecule has 7 N–H and O–H groups in total. The van der Waals surface area contributed by atoms with Gasteiger partial charge in [-0.2, -0.15) is 0 Å². The minimum atomic E-state index is -4.05. The summed E-state index contributed by atoms with van der Waals surface area (Å²) in [5.41, 5.74) is 13.3. The number of nitrogens with two attached hydrogens (primary N) is 2. The number of carbonyl (C=O) groups is 1. The van der Waals surface area contributed by atoms with Gasteiger partial charge in [-0.25, -0.2) is 18.1 Å². The van der Waals surface area contributed by atoms with Crippen LogP contribution in [0.15, 0.2) is 76.8 Å². The van der Waals surface area contributed by atoms with Crippen LogP contribution in [0.2, 0.25) is 0 Å². The highest BCUT2D eigenvalue weighted by atomic mass is 35.5. The largest absolute Gasteiger partial charge is 0.497 e. The second-order valence-electron chi connectivity index (χ2n) is 8.23. The van der Waals surface area contributed by atoms with Crippen molar-refractivity contribution < 1.29 is 23.2 Å². The van der Waals surface area contributed by atoms with E-state index in [9.17, 15) is 13.2 Å². The molecule has 0 aliphatic rings. The number of methoxy groups -OCH3 is 1. The summed E-state index contributed by atoms with van der Waals surface area (Å²) in [6.07, 6.45) is 0.229. The van der Waals surface area contributed by atoms with E-state index in [0.717, 1.165) is 10.3 Å². The molecule has 11 nitrogen and oxygen atoms in total. The number of anilines is 1. The first-order valence-electron chi connectivity index (χ1n) is 11.4. The Morgan fingerprint density at radius 2 is 1.92 bits per heavy atom. The molecule has 0 fully saturated rings. The second kappa shape index (κ2) is 12.9. The van der Waals surface area contributed by atoms with Gasteiger partial charge in [0.1, 0.15) is 10.8 Å². The van der Waals surface area contributed by atoms with Gasteiger partial charge in [-0.05, 0) is 54.4 Å². The van der Waals surface area contributed by atoms with Crippen molar-refractivity contribution in [3.63, 3.8) is 0 Å². The molecule has 0 spiro atoms. The minimum absolute atomic E-state index is 0. The number of hydrogen-bond donors (Lipinski definition) is 5. The highest BCUT2D eigenvalue weighted by Gasteiger charge is 2.25. The van der Waals surface area contributed by atoms with E-state index in [1.165, 1.54) is 29.5 Å². The summed E-state index contributed by atoms with van der Waals surface area (Å²) >= 11 is 1.34. The van der Waals surface area contributed by atoms with Gasteiger partial charge in [0.05, 0.1) is 34.8 Å². The van der Waals surface area contributed by atoms with Crippen LogP contribution in [0.5, 0.6) is 5.75 Å². The topological polar surface area (TPSA) is 182 Å². The van der Waals surface area contributed by atoms with Crippen LogP contribution in [-0.4, -0.2) is 44.0 Å². The van der Waals surface area contributed by atoms with Gasteiger partial charge in [0.15, 0.2) is 5.84 Å². The third kappa shape index (κ3) is 7.22. The predicted molar refractivity (Wildman–Crippen MR) is 153 cm³/mol. The van der Waals surface area contributed by atoms with E-state index in [0.29, 0.717) is 27.5 Å². The van der Waals surface area contributed by atoms with Crippen LogP contribution in [0, 0.1) is 0 Å². The Labute approximate surface area is 235 Å². The molecule has 0 bridgehead atoms. The number of nitrogens with one attached hydrogen (secondary N) is 2. The second-order valence-corrected chi connectivity index (χ2v) is 11.0. The SMILES string of the molecule is COc1ccc2nc([C@@H](Cc3cccc(C(N)=NO)c3)NS(=O)(=O)c3cccc(NC(=O)CN)c3)sc2c1.Cl. The molecule has 1 heterocycles. The normalized spacial score (nSPS) is 12.5. The quantitative estimate of drug-likeness (QED) is 0.0808. The number of fused-ring (bicyclic) bond motifs is 1. The van der Waals surface area contributed by atoms with Crippen LogP contribution in [0.25, 0.3) is 10.2 Å². The Morgan fingerprint density at radius 3 is 2.64 bits per heavy atom. The van der Waals surface area contributed by atoms with Crippen molar-refractivity contribution in [2.24, 2.45) is 16.6 Å². The average Bonchev–Trinajstić information content (AvgIpc) is 3.36. The number of rotatable bonds is 10. The summed E-state index contributed by atoms with van der Waals surface area (Å²) in [4.78, 5) is 16.3. The van der Waals surface area contributed by atoms with E-state index in [2.05, 4.69) is 20.2 Å². The van der Waals surface area contributed by atoms with Gasteiger partial charge in [-0.15, -0.1) is 23.7 Å². The molecule has 4 aromatic rings. The summed E-state index contributed by atoms with van der Waals surface area (Å²) < 4.78 is 35.9. The lowest BCUT2D eigenvalue weighted by Gasteiger charge is -2.18. The van der Waals surface area contributed by atoms with Crippen molar-refractivity contribution >= 4 is 61.4 Å². The number of carbonyl (C=O) groups excluding carboxylic acids is 1. The number of ether oxygens (including phenoxy) is 1. The van der Waals surface area contributed by atoms with Crippen molar-refractivity contribution in [3.05, 3.63) is 82.9 Å². The van der Waals surface area contributed by atoms with Gasteiger partial charge in [0, 0.05) is 11.3 Å².